The van der Waals surface area contributed by atoms with Crippen LogP contribution in [-0.2, 0) is 22.6 Å². The van der Waals surface area contributed by atoms with Crippen LogP contribution in [-0.4, -0.2) is 45.4 Å². The Morgan fingerprint density at radius 2 is 1.79 bits per heavy atom. The van der Waals surface area contributed by atoms with Gasteiger partial charge < -0.3 is 15.2 Å². The molecular weight excluding hydrogens is 240 g/mol. The van der Waals surface area contributed by atoms with Gasteiger partial charge in [-0.2, -0.15) is 0 Å². The first-order chi connectivity index (χ1) is 9.30. The molecule has 0 saturated carbocycles. The average molecular weight is 266 g/mol. The van der Waals surface area contributed by atoms with Crippen molar-refractivity contribution in [2.75, 3.05) is 40.5 Å². The van der Waals surface area contributed by atoms with Gasteiger partial charge in [0.2, 0.25) is 0 Å². The van der Waals surface area contributed by atoms with Gasteiger partial charge in [0.05, 0.1) is 6.61 Å². The summed E-state index contributed by atoms with van der Waals surface area (Å²) in [5, 5.41) is 0. The van der Waals surface area contributed by atoms with Crippen molar-refractivity contribution < 1.29 is 9.47 Å². The Morgan fingerprint density at radius 1 is 1.05 bits per heavy atom. The standard InChI is InChI=1S/C15H26N2O2/c1-18-9-4-7-17(8-10-19-2)13-15-6-3-5-14(11-15)12-16/h3,5-6,11H,4,7-10,12-13,16H2,1-2H3. The summed E-state index contributed by atoms with van der Waals surface area (Å²) in [6.45, 7) is 5.03. The normalized spacial score (nSPS) is 11.2. The second-order valence-electron chi connectivity index (χ2n) is 4.64. The van der Waals surface area contributed by atoms with E-state index in [0.29, 0.717) is 6.54 Å². The third kappa shape index (κ3) is 6.68. The molecule has 0 aliphatic rings. The summed E-state index contributed by atoms with van der Waals surface area (Å²) in [5.41, 5.74) is 8.16. The largest absolute Gasteiger partial charge is 0.385 e. The summed E-state index contributed by atoms with van der Waals surface area (Å²) in [6.07, 6.45) is 1.04. The first-order valence-electron chi connectivity index (χ1n) is 6.78. The molecule has 19 heavy (non-hydrogen) atoms. The van der Waals surface area contributed by atoms with Crippen LogP contribution in [0.3, 0.4) is 0 Å². The van der Waals surface area contributed by atoms with Crippen molar-refractivity contribution in [2.45, 2.75) is 19.5 Å². The van der Waals surface area contributed by atoms with Gasteiger partial charge in [-0.3, -0.25) is 4.90 Å². The van der Waals surface area contributed by atoms with Crippen LogP contribution in [0, 0.1) is 0 Å². The zero-order valence-electron chi connectivity index (χ0n) is 12.1. The highest BCUT2D eigenvalue weighted by Crippen LogP contribution is 2.08. The van der Waals surface area contributed by atoms with Gasteiger partial charge in [-0.25, -0.2) is 0 Å². The van der Waals surface area contributed by atoms with Crippen LogP contribution in [0.2, 0.25) is 0 Å². The van der Waals surface area contributed by atoms with E-state index in [1.54, 1.807) is 14.2 Å². The van der Waals surface area contributed by atoms with E-state index in [-0.39, 0.29) is 0 Å². The molecule has 2 N–H and O–H groups in total. The molecule has 0 aliphatic heterocycles. The predicted octanol–water partition coefficient (Wildman–Crippen LogP) is 1.63. The van der Waals surface area contributed by atoms with Crippen LogP contribution < -0.4 is 5.73 Å². The summed E-state index contributed by atoms with van der Waals surface area (Å²) in [4.78, 5) is 2.39. The fraction of sp³-hybridized carbons (Fsp3) is 0.600. The third-order valence-electron chi connectivity index (χ3n) is 3.07. The lowest BCUT2D eigenvalue weighted by Gasteiger charge is -2.22. The van der Waals surface area contributed by atoms with Crippen molar-refractivity contribution >= 4 is 0 Å². The number of hydrogen-bond acceptors (Lipinski definition) is 4. The van der Waals surface area contributed by atoms with Crippen molar-refractivity contribution in [3.63, 3.8) is 0 Å². The molecule has 0 unspecified atom stereocenters. The maximum absolute atomic E-state index is 5.68. The molecule has 0 fully saturated rings. The molecule has 0 heterocycles. The number of methoxy groups -OCH3 is 2. The summed E-state index contributed by atoms with van der Waals surface area (Å²) >= 11 is 0. The molecule has 0 spiro atoms. The molecule has 0 aliphatic carbocycles. The van der Waals surface area contributed by atoms with Gasteiger partial charge in [0.25, 0.3) is 0 Å². The Morgan fingerprint density at radius 3 is 2.47 bits per heavy atom. The van der Waals surface area contributed by atoms with Crippen molar-refractivity contribution in [3.8, 4) is 0 Å². The Balaban J connectivity index is 2.53. The molecule has 4 heteroatoms. The maximum Gasteiger partial charge on any atom is 0.0589 e. The SMILES string of the molecule is COCCCN(CCOC)Cc1cccc(CN)c1. The summed E-state index contributed by atoms with van der Waals surface area (Å²) in [6, 6.07) is 8.46. The van der Waals surface area contributed by atoms with Crippen molar-refractivity contribution in [3.05, 3.63) is 35.4 Å². The minimum Gasteiger partial charge on any atom is -0.385 e. The van der Waals surface area contributed by atoms with Gasteiger partial charge in [0, 0.05) is 47.0 Å². The fourth-order valence-electron chi connectivity index (χ4n) is 2.04. The van der Waals surface area contributed by atoms with Gasteiger partial charge >= 0.3 is 0 Å². The lowest BCUT2D eigenvalue weighted by Crippen LogP contribution is -2.28. The predicted molar refractivity (Wildman–Crippen MR) is 78.0 cm³/mol. The Kier molecular flexibility index (Phi) is 8.41. The van der Waals surface area contributed by atoms with E-state index in [4.69, 9.17) is 15.2 Å². The molecule has 1 aromatic rings. The number of benzene rings is 1. The van der Waals surface area contributed by atoms with Gasteiger partial charge in [0.15, 0.2) is 0 Å². The van der Waals surface area contributed by atoms with E-state index in [1.807, 2.05) is 0 Å². The molecule has 1 aromatic carbocycles. The lowest BCUT2D eigenvalue weighted by molar-refractivity contribution is 0.129. The van der Waals surface area contributed by atoms with E-state index >= 15 is 0 Å². The zero-order chi connectivity index (χ0) is 13.9. The summed E-state index contributed by atoms with van der Waals surface area (Å²) in [5.74, 6) is 0. The van der Waals surface area contributed by atoms with Crippen LogP contribution in [0.1, 0.15) is 17.5 Å². The van der Waals surface area contributed by atoms with Crippen molar-refractivity contribution in [1.29, 1.82) is 0 Å². The minimum atomic E-state index is 0.593. The highest BCUT2D eigenvalue weighted by Gasteiger charge is 2.06. The highest BCUT2D eigenvalue weighted by atomic mass is 16.5. The van der Waals surface area contributed by atoms with Crippen LogP contribution >= 0.6 is 0 Å². The van der Waals surface area contributed by atoms with E-state index in [2.05, 4.69) is 29.2 Å². The molecule has 0 amide bonds. The monoisotopic (exact) mass is 266 g/mol. The smallest absolute Gasteiger partial charge is 0.0589 e. The van der Waals surface area contributed by atoms with E-state index < -0.39 is 0 Å². The quantitative estimate of drug-likeness (QED) is 0.654. The number of nitrogens with two attached hydrogens (primary N) is 1. The van der Waals surface area contributed by atoms with Crippen LogP contribution in [0.15, 0.2) is 24.3 Å². The molecular formula is C15H26N2O2. The third-order valence-corrected chi connectivity index (χ3v) is 3.07. The maximum atomic E-state index is 5.68. The first-order valence-corrected chi connectivity index (χ1v) is 6.78. The second-order valence-corrected chi connectivity index (χ2v) is 4.64. The molecule has 0 radical (unpaired) electrons. The molecule has 4 nitrogen and oxygen atoms in total. The molecule has 0 atom stereocenters. The Hall–Kier alpha value is -0.940. The van der Waals surface area contributed by atoms with Gasteiger partial charge in [-0.05, 0) is 17.5 Å². The molecule has 0 bridgehead atoms. The van der Waals surface area contributed by atoms with Gasteiger partial charge in [0.1, 0.15) is 0 Å². The molecule has 108 valence electrons. The molecule has 1 rings (SSSR count). The zero-order valence-corrected chi connectivity index (χ0v) is 12.1. The summed E-state index contributed by atoms with van der Waals surface area (Å²) in [7, 11) is 3.48. The van der Waals surface area contributed by atoms with Gasteiger partial charge in [-0.15, -0.1) is 0 Å². The topological polar surface area (TPSA) is 47.7 Å². The molecule has 0 saturated heterocycles. The fourth-order valence-corrected chi connectivity index (χ4v) is 2.04. The van der Waals surface area contributed by atoms with Crippen molar-refractivity contribution in [1.82, 2.24) is 4.90 Å². The Labute approximate surface area is 116 Å². The number of rotatable bonds is 10. The van der Waals surface area contributed by atoms with Crippen LogP contribution in [0.5, 0.6) is 0 Å². The second kappa shape index (κ2) is 9.92. The van der Waals surface area contributed by atoms with E-state index in [1.165, 1.54) is 11.1 Å². The Bertz CT molecular complexity index is 345. The number of hydrogen-bond donors (Lipinski definition) is 1. The van der Waals surface area contributed by atoms with Crippen molar-refractivity contribution in [2.24, 2.45) is 5.73 Å². The van der Waals surface area contributed by atoms with E-state index in [9.17, 15) is 0 Å². The van der Waals surface area contributed by atoms with Crippen LogP contribution in [0.25, 0.3) is 0 Å². The van der Waals surface area contributed by atoms with E-state index in [0.717, 1.165) is 39.3 Å². The number of ether oxygens (including phenoxy) is 2. The summed E-state index contributed by atoms with van der Waals surface area (Å²) < 4.78 is 10.3. The lowest BCUT2D eigenvalue weighted by atomic mass is 10.1. The average Bonchev–Trinajstić information content (AvgIpc) is 2.45. The first kappa shape index (κ1) is 16.1. The highest BCUT2D eigenvalue weighted by molar-refractivity contribution is 5.23. The number of nitrogens with zero attached hydrogens (tertiary/aromatic N) is 1. The molecule has 0 aromatic heterocycles. The van der Waals surface area contributed by atoms with Gasteiger partial charge in [-0.1, -0.05) is 24.3 Å². The minimum absolute atomic E-state index is 0.593. The van der Waals surface area contributed by atoms with Crippen LogP contribution in [0.4, 0.5) is 0 Å².